The van der Waals surface area contributed by atoms with Crippen LogP contribution in [0.4, 0.5) is 13.6 Å². The monoisotopic (exact) mass is 499 g/mol. The van der Waals surface area contributed by atoms with Crippen LogP contribution in [0.2, 0.25) is 0 Å². The average Bonchev–Trinajstić information content (AvgIpc) is 3.62. The molecule has 1 aliphatic carbocycles. The first kappa shape index (κ1) is 25.5. The normalized spacial score (nSPS) is 21.0. The maximum Gasteiger partial charge on any atom is 0.317 e. The minimum Gasteiger partial charge on any atom is -0.342 e. The van der Waals surface area contributed by atoms with Crippen molar-refractivity contribution in [1.29, 1.82) is 0 Å². The summed E-state index contributed by atoms with van der Waals surface area (Å²) in [6, 6.07) is 9.09. The van der Waals surface area contributed by atoms with E-state index in [1.165, 1.54) is 25.9 Å². The Balaban J connectivity index is 1.55. The SMILES string of the molecule is C[C@H](NC(=O)N(C)C)C(=O)N1C[C@H](F)C[C@H]1C(=O)N[C@@H](c1ccccc1)c1ccc(C2CC2)c(F)n1. The Kier molecular flexibility index (Phi) is 7.51. The standard InChI is InChI=1S/C26H31F2N5O3/c1-15(29-26(36)32(2)3)25(35)33-14-18(27)13-21(33)24(34)31-22(17-7-5-4-6-8-17)20-12-11-19(16-9-10-16)23(28)30-20/h4-8,11-12,15-16,18,21-22H,9-10,13-14H2,1-3H3,(H,29,36)(H,31,34)/t15-,18+,21-,22-/m0/s1. The van der Waals surface area contributed by atoms with Gasteiger partial charge in [0, 0.05) is 26.1 Å². The Labute approximate surface area is 209 Å². The number of hydrogen-bond donors (Lipinski definition) is 2. The van der Waals surface area contributed by atoms with Gasteiger partial charge in [-0.1, -0.05) is 36.4 Å². The maximum atomic E-state index is 14.8. The highest BCUT2D eigenvalue weighted by molar-refractivity contribution is 5.92. The van der Waals surface area contributed by atoms with Crippen molar-refractivity contribution in [3.05, 3.63) is 65.2 Å². The van der Waals surface area contributed by atoms with Crippen LogP contribution < -0.4 is 10.6 Å². The van der Waals surface area contributed by atoms with E-state index < -0.39 is 48.1 Å². The van der Waals surface area contributed by atoms with Gasteiger partial charge in [0.05, 0.1) is 18.3 Å². The molecule has 8 nitrogen and oxygen atoms in total. The average molecular weight is 500 g/mol. The van der Waals surface area contributed by atoms with Crippen LogP contribution >= 0.6 is 0 Å². The minimum absolute atomic E-state index is 0.171. The molecule has 4 rings (SSSR count). The van der Waals surface area contributed by atoms with Gasteiger partial charge in [-0.15, -0.1) is 0 Å². The summed E-state index contributed by atoms with van der Waals surface area (Å²) >= 11 is 0. The number of urea groups is 1. The van der Waals surface area contributed by atoms with Crippen LogP contribution in [-0.4, -0.2) is 71.5 Å². The fraction of sp³-hybridized carbons (Fsp3) is 0.462. The van der Waals surface area contributed by atoms with Gasteiger partial charge < -0.3 is 20.4 Å². The number of amides is 4. The van der Waals surface area contributed by atoms with E-state index in [9.17, 15) is 23.2 Å². The van der Waals surface area contributed by atoms with E-state index in [2.05, 4.69) is 15.6 Å². The first-order valence-electron chi connectivity index (χ1n) is 12.1. The third kappa shape index (κ3) is 5.63. The fourth-order valence-electron chi connectivity index (χ4n) is 4.43. The number of halogens is 2. The lowest BCUT2D eigenvalue weighted by Crippen LogP contribution is -2.54. The summed E-state index contributed by atoms with van der Waals surface area (Å²) in [5.41, 5.74) is 1.56. The summed E-state index contributed by atoms with van der Waals surface area (Å²) < 4.78 is 29.2. The number of aromatic nitrogens is 1. The van der Waals surface area contributed by atoms with Gasteiger partial charge in [0.1, 0.15) is 18.3 Å². The summed E-state index contributed by atoms with van der Waals surface area (Å²) in [5, 5.41) is 5.40. The van der Waals surface area contributed by atoms with Gasteiger partial charge in [-0.05, 0) is 37.3 Å². The van der Waals surface area contributed by atoms with Crippen LogP contribution in [0.1, 0.15) is 55.0 Å². The second kappa shape index (κ2) is 10.6. The Morgan fingerprint density at radius 3 is 2.39 bits per heavy atom. The molecule has 2 fully saturated rings. The second-order valence-corrected chi connectivity index (χ2v) is 9.65. The number of pyridine rings is 1. The van der Waals surface area contributed by atoms with E-state index in [-0.39, 0.29) is 18.9 Å². The van der Waals surface area contributed by atoms with Gasteiger partial charge in [0.2, 0.25) is 17.8 Å². The third-order valence-corrected chi connectivity index (χ3v) is 6.58. The van der Waals surface area contributed by atoms with Crippen molar-refractivity contribution in [2.24, 2.45) is 0 Å². The zero-order valence-corrected chi connectivity index (χ0v) is 20.6. The molecule has 2 aliphatic rings. The van der Waals surface area contributed by atoms with E-state index in [1.807, 2.05) is 6.07 Å². The van der Waals surface area contributed by atoms with Gasteiger partial charge in [0.25, 0.3) is 0 Å². The zero-order valence-electron chi connectivity index (χ0n) is 20.6. The summed E-state index contributed by atoms with van der Waals surface area (Å²) in [6.45, 7) is 1.24. The van der Waals surface area contributed by atoms with Crippen molar-refractivity contribution >= 4 is 17.8 Å². The molecule has 2 aromatic rings. The Morgan fingerprint density at radius 2 is 1.78 bits per heavy atom. The largest absolute Gasteiger partial charge is 0.342 e. The number of rotatable bonds is 7. The summed E-state index contributed by atoms with van der Waals surface area (Å²) in [6.07, 6.45) is 0.306. The molecular weight excluding hydrogens is 468 g/mol. The van der Waals surface area contributed by atoms with E-state index >= 15 is 0 Å². The highest BCUT2D eigenvalue weighted by atomic mass is 19.1. The Bertz CT molecular complexity index is 1130. The number of benzene rings is 1. The lowest BCUT2D eigenvalue weighted by atomic mass is 10.0. The molecule has 1 aromatic heterocycles. The van der Waals surface area contributed by atoms with Crippen LogP contribution in [0.3, 0.4) is 0 Å². The molecule has 2 heterocycles. The van der Waals surface area contributed by atoms with E-state index in [0.29, 0.717) is 16.8 Å². The molecule has 192 valence electrons. The van der Waals surface area contributed by atoms with Gasteiger partial charge in [-0.3, -0.25) is 9.59 Å². The maximum absolute atomic E-state index is 14.8. The van der Waals surface area contributed by atoms with Gasteiger partial charge in [-0.25, -0.2) is 14.2 Å². The Hall–Kier alpha value is -3.56. The van der Waals surface area contributed by atoms with Crippen LogP contribution in [0.15, 0.2) is 42.5 Å². The molecular formula is C26H31F2N5O3. The first-order chi connectivity index (χ1) is 17.2. The molecule has 36 heavy (non-hydrogen) atoms. The summed E-state index contributed by atoms with van der Waals surface area (Å²) in [7, 11) is 3.07. The van der Waals surface area contributed by atoms with Crippen LogP contribution in [0.25, 0.3) is 0 Å². The number of nitrogens with one attached hydrogen (secondary N) is 2. The molecule has 4 amide bonds. The smallest absolute Gasteiger partial charge is 0.317 e. The number of nitrogens with zero attached hydrogens (tertiary/aromatic N) is 3. The topological polar surface area (TPSA) is 94.6 Å². The molecule has 2 N–H and O–H groups in total. The molecule has 1 aromatic carbocycles. The first-order valence-corrected chi connectivity index (χ1v) is 12.1. The number of carbonyl (C=O) groups is 3. The van der Waals surface area contributed by atoms with E-state index in [0.717, 1.165) is 17.7 Å². The molecule has 10 heteroatoms. The third-order valence-electron chi connectivity index (χ3n) is 6.58. The number of hydrogen-bond acceptors (Lipinski definition) is 4. The highest BCUT2D eigenvalue weighted by Gasteiger charge is 2.42. The number of carbonyl (C=O) groups excluding carboxylic acids is 3. The molecule has 1 aliphatic heterocycles. The van der Waals surface area contributed by atoms with Crippen LogP contribution in [0, 0.1) is 5.95 Å². The van der Waals surface area contributed by atoms with Gasteiger partial charge in [0.15, 0.2) is 0 Å². The van der Waals surface area contributed by atoms with Crippen molar-refractivity contribution in [3.63, 3.8) is 0 Å². The molecule has 0 unspecified atom stereocenters. The van der Waals surface area contributed by atoms with Crippen LogP contribution in [0.5, 0.6) is 0 Å². The van der Waals surface area contributed by atoms with E-state index in [4.69, 9.17) is 0 Å². The van der Waals surface area contributed by atoms with Crippen molar-refractivity contribution in [2.45, 2.75) is 56.4 Å². The van der Waals surface area contributed by atoms with Crippen molar-refractivity contribution in [1.82, 2.24) is 25.4 Å². The van der Waals surface area contributed by atoms with Crippen molar-refractivity contribution < 1.29 is 23.2 Å². The lowest BCUT2D eigenvalue weighted by molar-refractivity contribution is -0.139. The van der Waals surface area contributed by atoms with Gasteiger partial charge in [-0.2, -0.15) is 4.39 Å². The van der Waals surface area contributed by atoms with Crippen LogP contribution in [-0.2, 0) is 9.59 Å². The molecule has 1 saturated carbocycles. The van der Waals surface area contributed by atoms with Gasteiger partial charge >= 0.3 is 6.03 Å². The molecule has 1 saturated heterocycles. The molecule has 4 atom stereocenters. The van der Waals surface area contributed by atoms with E-state index in [1.54, 1.807) is 36.4 Å². The quantitative estimate of drug-likeness (QED) is 0.573. The summed E-state index contributed by atoms with van der Waals surface area (Å²) in [5.74, 6) is -1.50. The second-order valence-electron chi connectivity index (χ2n) is 9.65. The minimum atomic E-state index is -1.38. The number of likely N-dealkylation sites (tertiary alicyclic amines) is 1. The highest BCUT2D eigenvalue weighted by Crippen LogP contribution is 2.41. The predicted octanol–water partition coefficient (Wildman–Crippen LogP) is 2.90. The summed E-state index contributed by atoms with van der Waals surface area (Å²) in [4.78, 5) is 45.0. The molecule has 0 spiro atoms. The van der Waals surface area contributed by atoms with Crippen molar-refractivity contribution in [2.75, 3.05) is 20.6 Å². The zero-order chi connectivity index (χ0) is 26.0. The Morgan fingerprint density at radius 1 is 1.08 bits per heavy atom. The fourth-order valence-corrected chi connectivity index (χ4v) is 4.43. The van der Waals surface area contributed by atoms with Crippen molar-refractivity contribution in [3.8, 4) is 0 Å². The molecule has 0 bridgehead atoms. The lowest BCUT2D eigenvalue weighted by Gasteiger charge is -2.29. The molecule has 0 radical (unpaired) electrons. The number of alkyl halides is 1. The predicted molar refractivity (Wildman–Crippen MR) is 129 cm³/mol.